The van der Waals surface area contributed by atoms with Gasteiger partial charge < -0.3 is 4.74 Å². The molecule has 1 fully saturated rings. The zero-order valence-corrected chi connectivity index (χ0v) is 13.0. The van der Waals surface area contributed by atoms with Gasteiger partial charge in [0.15, 0.2) is 5.78 Å². The minimum Gasteiger partial charge on any atom is -0.496 e. The van der Waals surface area contributed by atoms with Crippen LogP contribution in [0.4, 0.5) is 0 Å². The van der Waals surface area contributed by atoms with Gasteiger partial charge in [0, 0.05) is 17.7 Å². The SMILES string of the molecule is COc1ccc(C(C)=O)cc1CN1CCC(C)(C)CC1. The van der Waals surface area contributed by atoms with E-state index in [0.29, 0.717) is 5.41 Å². The molecule has 1 aromatic carbocycles. The Bertz CT molecular complexity index is 484. The van der Waals surface area contributed by atoms with Crippen molar-refractivity contribution in [1.29, 1.82) is 0 Å². The smallest absolute Gasteiger partial charge is 0.159 e. The van der Waals surface area contributed by atoms with E-state index in [2.05, 4.69) is 18.7 Å². The lowest BCUT2D eigenvalue weighted by Crippen LogP contribution is -2.36. The molecule has 110 valence electrons. The highest BCUT2D eigenvalue weighted by molar-refractivity contribution is 5.94. The fourth-order valence-corrected chi connectivity index (χ4v) is 2.68. The first-order chi connectivity index (χ1) is 9.41. The van der Waals surface area contributed by atoms with Crippen molar-refractivity contribution < 1.29 is 9.53 Å². The molecule has 0 atom stereocenters. The van der Waals surface area contributed by atoms with Crippen LogP contribution in [-0.4, -0.2) is 30.9 Å². The Balaban J connectivity index is 2.12. The number of hydrogen-bond acceptors (Lipinski definition) is 3. The van der Waals surface area contributed by atoms with Crippen molar-refractivity contribution in [3.63, 3.8) is 0 Å². The monoisotopic (exact) mass is 275 g/mol. The lowest BCUT2D eigenvalue weighted by atomic mass is 9.82. The van der Waals surface area contributed by atoms with Gasteiger partial charge in [0.25, 0.3) is 0 Å². The molecule has 3 nitrogen and oxygen atoms in total. The van der Waals surface area contributed by atoms with Crippen LogP contribution in [0.2, 0.25) is 0 Å². The van der Waals surface area contributed by atoms with Crippen molar-refractivity contribution >= 4 is 5.78 Å². The highest BCUT2D eigenvalue weighted by Crippen LogP contribution is 2.31. The van der Waals surface area contributed by atoms with Crippen LogP contribution in [0.25, 0.3) is 0 Å². The molecule has 0 radical (unpaired) electrons. The van der Waals surface area contributed by atoms with Crippen LogP contribution in [0.1, 0.15) is 49.5 Å². The highest BCUT2D eigenvalue weighted by Gasteiger charge is 2.25. The van der Waals surface area contributed by atoms with Gasteiger partial charge in [-0.1, -0.05) is 13.8 Å². The van der Waals surface area contributed by atoms with E-state index in [1.54, 1.807) is 14.0 Å². The molecule has 0 N–H and O–H groups in total. The summed E-state index contributed by atoms with van der Waals surface area (Å²) in [7, 11) is 1.69. The van der Waals surface area contributed by atoms with Gasteiger partial charge in [-0.15, -0.1) is 0 Å². The number of carbonyl (C=O) groups is 1. The number of carbonyl (C=O) groups excluding carboxylic acids is 1. The number of piperidine rings is 1. The summed E-state index contributed by atoms with van der Waals surface area (Å²) in [4.78, 5) is 14.0. The third-order valence-corrected chi connectivity index (χ3v) is 4.29. The predicted octanol–water partition coefficient (Wildman–Crippen LogP) is 3.52. The topological polar surface area (TPSA) is 29.5 Å². The maximum absolute atomic E-state index is 11.5. The summed E-state index contributed by atoms with van der Waals surface area (Å²) in [5.74, 6) is 0.980. The molecule has 0 spiro atoms. The van der Waals surface area contributed by atoms with E-state index in [1.165, 1.54) is 12.8 Å². The first-order valence-corrected chi connectivity index (χ1v) is 7.31. The van der Waals surface area contributed by atoms with E-state index >= 15 is 0 Å². The second kappa shape index (κ2) is 5.96. The molecule has 0 amide bonds. The fraction of sp³-hybridized carbons (Fsp3) is 0.588. The molecule has 0 saturated carbocycles. The van der Waals surface area contributed by atoms with E-state index in [4.69, 9.17) is 4.74 Å². The van der Waals surface area contributed by atoms with E-state index in [9.17, 15) is 4.79 Å². The number of ketones is 1. The number of nitrogens with zero attached hydrogens (tertiary/aromatic N) is 1. The van der Waals surface area contributed by atoms with Gasteiger partial charge in [-0.05, 0) is 56.5 Å². The van der Waals surface area contributed by atoms with Crippen LogP contribution >= 0.6 is 0 Å². The molecule has 0 bridgehead atoms. The quantitative estimate of drug-likeness (QED) is 0.787. The standard InChI is InChI=1S/C17H25NO2/c1-13(19)14-5-6-16(20-4)15(11-14)12-18-9-7-17(2,3)8-10-18/h5-6,11H,7-10,12H2,1-4H3. The van der Waals surface area contributed by atoms with E-state index in [-0.39, 0.29) is 5.78 Å². The molecular formula is C17H25NO2. The first-order valence-electron chi connectivity index (χ1n) is 7.31. The van der Waals surface area contributed by atoms with Crippen molar-refractivity contribution in [1.82, 2.24) is 4.90 Å². The van der Waals surface area contributed by atoms with Crippen LogP contribution in [0.5, 0.6) is 5.75 Å². The molecule has 1 saturated heterocycles. The van der Waals surface area contributed by atoms with E-state index in [0.717, 1.165) is 36.5 Å². The Labute approximate surface area is 121 Å². The second-order valence-corrected chi connectivity index (χ2v) is 6.52. The van der Waals surface area contributed by atoms with Gasteiger partial charge in [0.05, 0.1) is 7.11 Å². The third-order valence-electron chi connectivity index (χ3n) is 4.29. The molecule has 1 aromatic rings. The number of Topliss-reactive ketones (excluding diaryl/α,β-unsaturated/α-hetero) is 1. The Hall–Kier alpha value is -1.35. The molecule has 1 aliphatic rings. The molecule has 1 aliphatic heterocycles. The fourth-order valence-electron chi connectivity index (χ4n) is 2.68. The molecule has 0 aromatic heterocycles. The van der Waals surface area contributed by atoms with Gasteiger partial charge in [0.2, 0.25) is 0 Å². The average molecular weight is 275 g/mol. The molecule has 2 rings (SSSR count). The van der Waals surface area contributed by atoms with Crippen LogP contribution in [0.3, 0.4) is 0 Å². The lowest BCUT2D eigenvalue weighted by molar-refractivity contribution is 0.101. The summed E-state index contributed by atoms with van der Waals surface area (Å²) in [6, 6.07) is 5.71. The van der Waals surface area contributed by atoms with Gasteiger partial charge >= 0.3 is 0 Å². The van der Waals surface area contributed by atoms with Crippen LogP contribution < -0.4 is 4.74 Å². The molecular weight excluding hydrogens is 250 g/mol. The zero-order chi connectivity index (χ0) is 14.8. The van der Waals surface area contributed by atoms with Crippen molar-refractivity contribution in [2.24, 2.45) is 5.41 Å². The molecule has 3 heteroatoms. The Morgan fingerprint density at radius 2 is 1.95 bits per heavy atom. The first kappa shape index (κ1) is 15.0. The largest absolute Gasteiger partial charge is 0.496 e. The Morgan fingerprint density at radius 1 is 1.30 bits per heavy atom. The normalized spacial score (nSPS) is 18.8. The van der Waals surface area contributed by atoms with Gasteiger partial charge in [-0.3, -0.25) is 9.69 Å². The van der Waals surface area contributed by atoms with Gasteiger partial charge in [0.1, 0.15) is 5.75 Å². The van der Waals surface area contributed by atoms with E-state index in [1.807, 2.05) is 18.2 Å². The van der Waals surface area contributed by atoms with Crippen LogP contribution in [0.15, 0.2) is 18.2 Å². The molecule has 0 aliphatic carbocycles. The van der Waals surface area contributed by atoms with Crippen molar-refractivity contribution in [2.45, 2.75) is 40.2 Å². The summed E-state index contributed by atoms with van der Waals surface area (Å²) < 4.78 is 5.42. The van der Waals surface area contributed by atoms with Gasteiger partial charge in [-0.2, -0.15) is 0 Å². The van der Waals surface area contributed by atoms with Crippen LogP contribution in [-0.2, 0) is 6.54 Å². The zero-order valence-electron chi connectivity index (χ0n) is 13.0. The molecule has 20 heavy (non-hydrogen) atoms. The average Bonchev–Trinajstić information content (AvgIpc) is 2.41. The minimum absolute atomic E-state index is 0.105. The number of benzene rings is 1. The summed E-state index contributed by atoms with van der Waals surface area (Å²) in [6.45, 7) is 9.36. The number of likely N-dealkylation sites (tertiary alicyclic amines) is 1. The Kier molecular flexibility index (Phi) is 4.48. The highest BCUT2D eigenvalue weighted by atomic mass is 16.5. The van der Waals surface area contributed by atoms with Crippen LogP contribution in [0, 0.1) is 5.41 Å². The predicted molar refractivity (Wildman–Crippen MR) is 81.3 cm³/mol. The summed E-state index contributed by atoms with van der Waals surface area (Å²) >= 11 is 0. The van der Waals surface area contributed by atoms with Crippen molar-refractivity contribution in [3.8, 4) is 5.75 Å². The number of methoxy groups -OCH3 is 1. The van der Waals surface area contributed by atoms with Crippen molar-refractivity contribution in [3.05, 3.63) is 29.3 Å². The third kappa shape index (κ3) is 3.60. The molecule has 1 heterocycles. The van der Waals surface area contributed by atoms with Gasteiger partial charge in [-0.25, -0.2) is 0 Å². The lowest BCUT2D eigenvalue weighted by Gasteiger charge is -2.37. The number of ether oxygens (including phenoxy) is 1. The maximum Gasteiger partial charge on any atom is 0.159 e. The summed E-state index contributed by atoms with van der Waals surface area (Å²) in [5, 5.41) is 0. The number of hydrogen-bond donors (Lipinski definition) is 0. The minimum atomic E-state index is 0.105. The summed E-state index contributed by atoms with van der Waals surface area (Å²) in [6.07, 6.45) is 2.45. The number of rotatable bonds is 4. The molecule has 0 unspecified atom stereocenters. The summed E-state index contributed by atoms with van der Waals surface area (Å²) in [5.41, 5.74) is 2.33. The second-order valence-electron chi connectivity index (χ2n) is 6.52. The van der Waals surface area contributed by atoms with Crippen molar-refractivity contribution in [2.75, 3.05) is 20.2 Å². The Morgan fingerprint density at radius 3 is 2.50 bits per heavy atom. The maximum atomic E-state index is 11.5. The van der Waals surface area contributed by atoms with E-state index < -0.39 is 0 Å².